The summed E-state index contributed by atoms with van der Waals surface area (Å²) in [5.41, 5.74) is 11.3. The fourth-order valence-electron chi connectivity index (χ4n) is 5.55. The quantitative estimate of drug-likeness (QED) is 0.151. The lowest BCUT2D eigenvalue weighted by Gasteiger charge is -2.46. The molecule has 12 nitrogen and oxygen atoms in total. The molecule has 0 atom stereocenters. The highest BCUT2D eigenvalue weighted by Gasteiger charge is 2.33. The third-order valence-electron chi connectivity index (χ3n) is 8.13. The van der Waals surface area contributed by atoms with Crippen LogP contribution in [0.15, 0.2) is 58.5 Å². The summed E-state index contributed by atoms with van der Waals surface area (Å²) in [6.45, 7) is 10.5. The number of piperazine rings is 1. The van der Waals surface area contributed by atoms with Gasteiger partial charge in [-0.05, 0) is 68.4 Å². The first-order valence-corrected chi connectivity index (χ1v) is 18.1. The van der Waals surface area contributed by atoms with Crippen LogP contribution in [0.3, 0.4) is 0 Å². The maximum absolute atomic E-state index is 13.4. The van der Waals surface area contributed by atoms with Crippen LogP contribution >= 0.6 is 23.1 Å². The van der Waals surface area contributed by atoms with E-state index in [2.05, 4.69) is 77.2 Å². The van der Waals surface area contributed by atoms with Gasteiger partial charge in [0.25, 0.3) is 0 Å². The van der Waals surface area contributed by atoms with Crippen LogP contribution in [0.1, 0.15) is 19.4 Å². The number of hydrogen-bond acceptors (Lipinski definition) is 12. The van der Waals surface area contributed by atoms with Crippen molar-refractivity contribution in [1.29, 1.82) is 0 Å². The predicted octanol–water partition coefficient (Wildman–Crippen LogP) is 5.46. The summed E-state index contributed by atoms with van der Waals surface area (Å²) >= 11 is 3.57. The molecule has 0 spiro atoms. The first-order chi connectivity index (χ1) is 21.9. The van der Waals surface area contributed by atoms with E-state index in [0.717, 1.165) is 36.5 Å². The lowest BCUT2D eigenvalue weighted by molar-refractivity contribution is 0.139. The highest BCUT2D eigenvalue weighted by molar-refractivity contribution is 9.10. The van der Waals surface area contributed by atoms with Crippen molar-refractivity contribution in [3.8, 4) is 5.75 Å². The van der Waals surface area contributed by atoms with E-state index in [1.54, 1.807) is 58.5 Å². The van der Waals surface area contributed by atoms with E-state index >= 15 is 0 Å². The van der Waals surface area contributed by atoms with Gasteiger partial charge in [-0.1, -0.05) is 0 Å². The van der Waals surface area contributed by atoms with Gasteiger partial charge in [0.2, 0.25) is 5.95 Å². The molecule has 5 rings (SSSR count). The van der Waals surface area contributed by atoms with E-state index in [1.807, 2.05) is 24.3 Å². The predicted molar refractivity (Wildman–Crippen MR) is 193 cm³/mol. The largest absolute Gasteiger partial charge is 0.494 e. The van der Waals surface area contributed by atoms with E-state index in [9.17, 15) is 4.57 Å². The van der Waals surface area contributed by atoms with Gasteiger partial charge >= 0.3 is 0 Å². The van der Waals surface area contributed by atoms with Crippen LogP contribution in [-0.4, -0.2) is 90.8 Å². The van der Waals surface area contributed by atoms with E-state index in [0.29, 0.717) is 49.7 Å². The lowest BCUT2D eigenvalue weighted by Crippen LogP contribution is -2.57. The first kappa shape index (κ1) is 33.3. The Labute approximate surface area is 278 Å². The summed E-state index contributed by atoms with van der Waals surface area (Å²) in [7, 11) is 2.74. The summed E-state index contributed by atoms with van der Waals surface area (Å²) in [4.78, 5) is 27.1. The number of aliphatic imine (C=N–C) groups is 1. The van der Waals surface area contributed by atoms with Gasteiger partial charge in [-0.3, -0.25) is 19.9 Å². The number of ether oxygens (including phenoxy) is 1. The summed E-state index contributed by atoms with van der Waals surface area (Å²) in [6.07, 6.45) is 8.18. The van der Waals surface area contributed by atoms with E-state index in [-0.39, 0.29) is 5.54 Å². The zero-order chi connectivity index (χ0) is 33.2. The van der Waals surface area contributed by atoms with Crippen LogP contribution < -0.4 is 31.3 Å². The van der Waals surface area contributed by atoms with Crippen LogP contribution in [0.4, 0.5) is 28.8 Å². The van der Waals surface area contributed by atoms with E-state index in [1.165, 1.54) is 0 Å². The molecular formula is C32H40BrN10O2P. The maximum Gasteiger partial charge on any atom is 0.229 e. The Morgan fingerprint density at radius 1 is 1.13 bits per heavy atom. The molecule has 1 fully saturated rings. The number of hydrogen-bond donors (Lipinski definition) is 3. The van der Waals surface area contributed by atoms with Crippen molar-refractivity contribution in [2.75, 3.05) is 69.7 Å². The fourth-order valence-corrected chi connectivity index (χ4v) is 7.23. The number of halogens is 1. The molecule has 0 unspecified atom stereocenters. The second kappa shape index (κ2) is 13.4. The van der Waals surface area contributed by atoms with Crippen molar-refractivity contribution in [1.82, 2.24) is 24.8 Å². The fraction of sp³-hybridized carbons (Fsp3) is 0.344. The molecule has 4 aromatic rings. The molecule has 46 heavy (non-hydrogen) atoms. The second-order valence-corrected chi connectivity index (χ2v) is 16.1. The summed E-state index contributed by atoms with van der Waals surface area (Å²) < 4.78 is 20.0. The molecule has 1 saturated heterocycles. The average Bonchev–Trinajstić information content (AvgIpc) is 3.02. The standard InChI is InChI=1S/C32H40BrN10O2P/c1-32(2)19-43(13-12-42(32)4)26-15-27(45-5)25(14-21(26)20(16-34)17-35-3)40-31-38-18-22(33)30(41-31)39-24-9-8-23-28(37-11-10-36-23)29(24)46(6,7)44/h8-11,14-18H,12-13,19,34H2,1-7H3,(H2,38,39,40,41). The second-order valence-electron chi connectivity index (χ2n) is 12.1. The highest BCUT2D eigenvalue weighted by Crippen LogP contribution is 2.42. The molecule has 2 aromatic heterocycles. The van der Waals surface area contributed by atoms with E-state index in [4.69, 9.17) is 15.5 Å². The molecular weight excluding hydrogens is 667 g/mol. The number of nitrogens with one attached hydrogen (secondary N) is 2. The average molecular weight is 708 g/mol. The molecule has 0 bridgehead atoms. The van der Waals surface area contributed by atoms with Gasteiger partial charge < -0.3 is 30.6 Å². The number of nitrogens with two attached hydrogens (primary N) is 1. The Morgan fingerprint density at radius 2 is 1.89 bits per heavy atom. The lowest BCUT2D eigenvalue weighted by atomic mass is 9.96. The number of rotatable bonds is 9. The van der Waals surface area contributed by atoms with Gasteiger partial charge in [0.15, 0.2) is 0 Å². The number of likely N-dealkylation sites (N-methyl/N-ethyl adjacent to an activating group) is 1. The van der Waals surface area contributed by atoms with Crippen molar-refractivity contribution in [2.45, 2.75) is 19.4 Å². The number of aromatic nitrogens is 4. The monoisotopic (exact) mass is 706 g/mol. The normalized spacial score (nSPS) is 15.8. The van der Waals surface area contributed by atoms with Gasteiger partial charge in [-0.15, -0.1) is 0 Å². The molecule has 14 heteroatoms. The minimum atomic E-state index is -2.77. The number of allylic oxidation sites excluding steroid dienone is 1. The Morgan fingerprint density at radius 3 is 2.57 bits per heavy atom. The molecule has 1 aliphatic rings. The van der Waals surface area contributed by atoms with Crippen molar-refractivity contribution >= 4 is 80.0 Å². The van der Waals surface area contributed by atoms with Gasteiger partial charge in [-0.2, -0.15) is 4.98 Å². The SMILES string of the molecule is CN=CC(=CN)c1cc(Nc2ncc(Br)c(Nc3ccc4nccnc4c3P(C)(C)=O)n2)c(OC)cc1N1CCN(C)C(C)(C)C1. The van der Waals surface area contributed by atoms with Crippen molar-refractivity contribution in [3.63, 3.8) is 0 Å². The molecule has 3 heterocycles. The third-order valence-corrected chi connectivity index (χ3v) is 10.2. The maximum atomic E-state index is 13.4. The Balaban J connectivity index is 1.55. The summed E-state index contributed by atoms with van der Waals surface area (Å²) in [5.74, 6) is 1.42. The zero-order valence-electron chi connectivity index (χ0n) is 27.2. The summed E-state index contributed by atoms with van der Waals surface area (Å²) in [6, 6.07) is 7.70. The smallest absolute Gasteiger partial charge is 0.229 e. The molecule has 0 radical (unpaired) electrons. The minimum Gasteiger partial charge on any atom is -0.494 e. The van der Waals surface area contributed by atoms with Crippen LogP contribution in [0.2, 0.25) is 0 Å². The van der Waals surface area contributed by atoms with Crippen LogP contribution in [-0.2, 0) is 4.57 Å². The van der Waals surface area contributed by atoms with Gasteiger partial charge in [0, 0.05) is 86.1 Å². The van der Waals surface area contributed by atoms with Crippen molar-refractivity contribution < 1.29 is 9.30 Å². The molecule has 0 aliphatic carbocycles. The number of anilines is 5. The molecule has 0 amide bonds. The first-order valence-electron chi connectivity index (χ1n) is 14.7. The van der Waals surface area contributed by atoms with E-state index < -0.39 is 7.14 Å². The van der Waals surface area contributed by atoms with Crippen molar-refractivity contribution in [2.24, 2.45) is 10.7 Å². The van der Waals surface area contributed by atoms with Crippen LogP contribution in [0.25, 0.3) is 16.6 Å². The topological polar surface area (TPSA) is 147 Å². The number of nitrogens with zero attached hydrogens (tertiary/aromatic N) is 7. The molecule has 2 aromatic carbocycles. The molecule has 0 saturated carbocycles. The van der Waals surface area contributed by atoms with Gasteiger partial charge in [-0.25, -0.2) is 4.98 Å². The highest BCUT2D eigenvalue weighted by atomic mass is 79.9. The van der Waals surface area contributed by atoms with Crippen LogP contribution in [0, 0.1) is 0 Å². The number of fused-ring (bicyclic) bond motifs is 1. The van der Waals surface area contributed by atoms with Gasteiger partial charge in [0.05, 0.1) is 33.8 Å². The molecule has 1 aliphatic heterocycles. The Hall–Kier alpha value is -4.06. The van der Waals surface area contributed by atoms with Crippen molar-refractivity contribution in [3.05, 3.63) is 59.1 Å². The molecule has 4 N–H and O–H groups in total. The zero-order valence-corrected chi connectivity index (χ0v) is 29.6. The Kier molecular flexibility index (Phi) is 9.67. The minimum absolute atomic E-state index is 0.0272. The molecule has 242 valence electrons. The number of benzene rings is 2. The van der Waals surface area contributed by atoms with Crippen LogP contribution in [0.5, 0.6) is 5.75 Å². The summed E-state index contributed by atoms with van der Waals surface area (Å²) in [5, 5.41) is 7.29. The number of methoxy groups -OCH3 is 1. The third kappa shape index (κ3) is 6.86. The Bertz CT molecular complexity index is 1870. The van der Waals surface area contributed by atoms with Gasteiger partial charge in [0.1, 0.15) is 24.2 Å².